The van der Waals surface area contributed by atoms with Crippen LogP contribution in [0, 0.1) is 0 Å². The minimum atomic E-state index is -0.798. The standard InChI is InChI=1S/C16H25NO4/c1-11(17-10-16(18)7-8-21-12(16)2)14-6-5-13(19-3)9-15(14)20-4/h5-6,9,11-12,17-18H,7-8,10H2,1-4H3. The van der Waals surface area contributed by atoms with Crippen molar-refractivity contribution in [2.75, 3.05) is 27.4 Å². The number of rotatable bonds is 6. The summed E-state index contributed by atoms with van der Waals surface area (Å²) in [5.41, 5.74) is 0.238. The smallest absolute Gasteiger partial charge is 0.127 e. The van der Waals surface area contributed by atoms with Crippen molar-refractivity contribution in [3.05, 3.63) is 23.8 Å². The van der Waals surface area contributed by atoms with Crippen LogP contribution in [-0.2, 0) is 4.74 Å². The molecule has 0 amide bonds. The van der Waals surface area contributed by atoms with Crippen LogP contribution in [0.5, 0.6) is 11.5 Å². The van der Waals surface area contributed by atoms with Gasteiger partial charge in [0, 0.05) is 37.2 Å². The van der Waals surface area contributed by atoms with E-state index in [1.54, 1.807) is 14.2 Å². The number of benzene rings is 1. The van der Waals surface area contributed by atoms with Crippen molar-refractivity contribution < 1.29 is 19.3 Å². The average molecular weight is 295 g/mol. The minimum Gasteiger partial charge on any atom is -0.497 e. The Kier molecular flexibility index (Phi) is 5.08. The first-order valence-electron chi connectivity index (χ1n) is 7.29. The first-order chi connectivity index (χ1) is 10.00. The molecule has 5 heteroatoms. The second kappa shape index (κ2) is 6.64. The minimum absolute atomic E-state index is 0.0580. The molecule has 3 atom stereocenters. The number of methoxy groups -OCH3 is 2. The normalized spacial score (nSPS) is 26.6. The number of ether oxygens (including phenoxy) is 3. The van der Waals surface area contributed by atoms with E-state index < -0.39 is 5.60 Å². The molecule has 0 bridgehead atoms. The lowest BCUT2D eigenvalue weighted by molar-refractivity contribution is -0.0274. The predicted octanol–water partition coefficient (Wildman–Crippen LogP) is 1.89. The van der Waals surface area contributed by atoms with E-state index in [4.69, 9.17) is 14.2 Å². The van der Waals surface area contributed by atoms with E-state index in [2.05, 4.69) is 5.32 Å². The third-order valence-electron chi connectivity index (χ3n) is 4.28. The Balaban J connectivity index is 2.04. The van der Waals surface area contributed by atoms with Crippen LogP contribution in [0.25, 0.3) is 0 Å². The van der Waals surface area contributed by atoms with Gasteiger partial charge in [0.15, 0.2) is 0 Å². The van der Waals surface area contributed by atoms with Crippen molar-refractivity contribution in [2.45, 2.75) is 38.0 Å². The Morgan fingerprint density at radius 2 is 2.19 bits per heavy atom. The highest BCUT2D eigenvalue weighted by atomic mass is 16.5. The van der Waals surface area contributed by atoms with Crippen molar-refractivity contribution in [1.29, 1.82) is 0 Å². The summed E-state index contributed by atoms with van der Waals surface area (Å²) in [4.78, 5) is 0. The fourth-order valence-corrected chi connectivity index (χ4v) is 2.62. The van der Waals surface area contributed by atoms with E-state index in [1.807, 2.05) is 32.0 Å². The molecule has 1 fully saturated rings. The molecule has 1 aliphatic rings. The zero-order valence-corrected chi connectivity index (χ0v) is 13.2. The summed E-state index contributed by atoms with van der Waals surface area (Å²) in [6.07, 6.45) is 0.517. The highest BCUT2D eigenvalue weighted by molar-refractivity contribution is 5.42. The van der Waals surface area contributed by atoms with Gasteiger partial charge < -0.3 is 24.6 Å². The molecule has 0 aliphatic carbocycles. The fraction of sp³-hybridized carbons (Fsp3) is 0.625. The summed E-state index contributed by atoms with van der Waals surface area (Å²) in [5, 5.41) is 13.9. The summed E-state index contributed by atoms with van der Waals surface area (Å²) in [6.45, 7) is 5.06. The molecule has 1 aromatic carbocycles. The van der Waals surface area contributed by atoms with E-state index in [1.165, 1.54) is 0 Å². The summed E-state index contributed by atoms with van der Waals surface area (Å²) in [5.74, 6) is 1.54. The Hall–Kier alpha value is -1.30. The van der Waals surface area contributed by atoms with E-state index in [0.717, 1.165) is 17.1 Å². The van der Waals surface area contributed by atoms with Crippen LogP contribution in [-0.4, -0.2) is 44.2 Å². The monoisotopic (exact) mass is 295 g/mol. The maximum Gasteiger partial charge on any atom is 0.127 e. The van der Waals surface area contributed by atoms with Crippen LogP contribution in [0.1, 0.15) is 31.9 Å². The largest absolute Gasteiger partial charge is 0.497 e. The van der Waals surface area contributed by atoms with Gasteiger partial charge in [-0.25, -0.2) is 0 Å². The molecule has 0 radical (unpaired) electrons. The third kappa shape index (κ3) is 3.48. The summed E-state index contributed by atoms with van der Waals surface area (Å²) in [7, 11) is 3.28. The van der Waals surface area contributed by atoms with Gasteiger partial charge in [0.2, 0.25) is 0 Å². The predicted molar refractivity (Wildman–Crippen MR) is 80.9 cm³/mol. The lowest BCUT2D eigenvalue weighted by Gasteiger charge is -2.28. The second-order valence-corrected chi connectivity index (χ2v) is 5.58. The van der Waals surface area contributed by atoms with Crippen molar-refractivity contribution in [2.24, 2.45) is 0 Å². The molecule has 3 unspecified atom stereocenters. The Morgan fingerprint density at radius 1 is 1.43 bits per heavy atom. The Labute approximate surface area is 126 Å². The van der Waals surface area contributed by atoms with Crippen LogP contribution < -0.4 is 14.8 Å². The SMILES string of the molecule is COc1ccc(C(C)NCC2(O)CCOC2C)c(OC)c1. The van der Waals surface area contributed by atoms with Gasteiger partial charge >= 0.3 is 0 Å². The van der Waals surface area contributed by atoms with Gasteiger partial charge in [-0.05, 0) is 19.9 Å². The van der Waals surface area contributed by atoms with Crippen LogP contribution in [0.2, 0.25) is 0 Å². The molecule has 5 nitrogen and oxygen atoms in total. The van der Waals surface area contributed by atoms with Crippen LogP contribution in [0.4, 0.5) is 0 Å². The quantitative estimate of drug-likeness (QED) is 0.839. The lowest BCUT2D eigenvalue weighted by atomic mass is 9.95. The fourth-order valence-electron chi connectivity index (χ4n) is 2.62. The highest BCUT2D eigenvalue weighted by Gasteiger charge is 2.39. The zero-order chi connectivity index (χ0) is 15.5. The zero-order valence-electron chi connectivity index (χ0n) is 13.2. The molecular weight excluding hydrogens is 270 g/mol. The first kappa shape index (κ1) is 16.1. The molecule has 118 valence electrons. The number of hydrogen-bond acceptors (Lipinski definition) is 5. The summed E-state index contributed by atoms with van der Waals surface area (Å²) < 4.78 is 16.1. The van der Waals surface area contributed by atoms with E-state index in [0.29, 0.717) is 19.6 Å². The van der Waals surface area contributed by atoms with Gasteiger partial charge in [-0.1, -0.05) is 6.07 Å². The molecule has 1 heterocycles. The molecule has 0 aromatic heterocycles. The van der Waals surface area contributed by atoms with Gasteiger partial charge in [-0.2, -0.15) is 0 Å². The molecule has 2 N–H and O–H groups in total. The molecule has 0 saturated carbocycles. The van der Waals surface area contributed by atoms with Crippen LogP contribution >= 0.6 is 0 Å². The van der Waals surface area contributed by atoms with Crippen LogP contribution in [0.3, 0.4) is 0 Å². The number of hydrogen-bond donors (Lipinski definition) is 2. The van der Waals surface area contributed by atoms with Gasteiger partial charge in [0.25, 0.3) is 0 Å². The van der Waals surface area contributed by atoms with E-state index in [-0.39, 0.29) is 12.1 Å². The van der Waals surface area contributed by atoms with Crippen molar-refractivity contribution in [3.63, 3.8) is 0 Å². The highest BCUT2D eigenvalue weighted by Crippen LogP contribution is 2.30. The van der Waals surface area contributed by atoms with Gasteiger partial charge in [0.1, 0.15) is 17.1 Å². The van der Waals surface area contributed by atoms with Crippen molar-refractivity contribution in [3.8, 4) is 11.5 Å². The lowest BCUT2D eigenvalue weighted by Crippen LogP contribution is -2.46. The molecule has 21 heavy (non-hydrogen) atoms. The van der Waals surface area contributed by atoms with Crippen molar-refractivity contribution in [1.82, 2.24) is 5.32 Å². The maximum atomic E-state index is 10.5. The molecule has 1 aliphatic heterocycles. The molecule has 1 aromatic rings. The van der Waals surface area contributed by atoms with E-state index in [9.17, 15) is 5.11 Å². The van der Waals surface area contributed by atoms with Gasteiger partial charge in [0.05, 0.1) is 20.3 Å². The molecule has 0 spiro atoms. The molecular formula is C16H25NO4. The van der Waals surface area contributed by atoms with Crippen molar-refractivity contribution >= 4 is 0 Å². The summed E-state index contributed by atoms with van der Waals surface area (Å²) in [6, 6.07) is 5.81. The molecule has 1 saturated heterocycles. The number of nitrogens with one attached hydrogen (secondary N) is 1. The topological polar surface area (TPSA) is 60.0 Å². The van der Waals surface area contributed by atoms with Crippen LogP contribution in [0.15, 0.2) is 18.2 Å². The summed E-state index contributed by atoms with van der Waals surface area (Å²) >= 11 is 0. The average Bonchev–Trinajstić information content (AvgIpc) is 2.84. The number of aliphatic hydroxyl groups is 1. The van der Waals surface area contributed by atoms with Gasteiger partial charge in [-0.15, -0.1) is 0 Å². The molecule has 2 rings (SSSR count). The Morgan fingerprint density at radius 3 is 2.76 bits per heavy atom. The van der Waals surface area contributed by atoms with E-state index >= 15 is 0 Å². The Bertz CT molecular complexity index is 479. The first-order valence-corrected chi connectivity index (χ1v) is 7.29. The van der Waals surface area contributed by atoms with Gasteiger partial charge in [-0.3, -0.25) is 0 Å². The second-order valence-electron chi connectivity index (χ2n) is 5.58. The third-order valence-corrected chi connectivity index (χ3v) is 4.28. The maximum absolute atomic E-state index is 10.5.